The number of piperidine rings is 1. The zero-order chi connectivity index (χ0) is 21.9. The van der Waals surface area contributed by atoms with Crippen molar-refractivity contribution in [3.05, 3.63) is 23.9 Å². The van der Waals surface area contributed by atoms with Gasteiger partial charge in [-0.15, -0.1) is 0 Å². The Labute approximate surface area is 174 Å². The minimum absolute atomic E-state index is 0.0218. The van der Waals surface area contributed by atoms with E-state index >= 15 is 0 Å². The second-order valence-electron chi connectivity index (χ2n) is 8.05. The van der Waals surface area contributed by atoms with Gasteiger partial charge in [-0.2, -0.15) is 13.2 Å². The molecular weight excluding hydrogens is 399 g/mol. The van der Waals surface area contributed by atoms with Gasteiger partial charge in [0, 0.05) is 59.6 Å². The number of anilines is 1. The Kier molecular flexibility index (Phi) is 6.84. The minimum atomic E-state index is -4.49. The van der Waals surface area contributed by atoms with Crippen LogP contribution in [0.15, 0.2) is 18.3 Å². The van der Waals surface area contributed by atoms with Crippen LogP contribution in [-0.4, -0.2) is 91.4 Å². The van der Waals surface area contributed by atoms with Gasteiger partial charge < -0.3 is 14.7 Å². The highest BCUT2D eigenvalue weighted by Gasteiger charge is 2.38. The summed E-state index contributed by atoms with van der Waals surface area (Å²) in [6, 6.07) is 2.31. The van der Waals surface area contributed by atoms with Gasteiger partial charge in [-0.1, -0.05) is 0 Å². The van der Waals surface area contributed by atoms with Crippen molar-refractivity contribution in [2.24, 2.45) is 5.92 Å². The van der Waals surface area contributed by atoms with Crippen molar-refractivity contribution in [3.8, 4) is 0 Å². The fourth-order valence-corrected chi connectivity index (χ4v) is 3.96. The highest BCUT2D eigenvalue weighted by Crippen LogP contribution is 2.36. The first-order chi connectivity index (χ1) is 14.2. The van der Waals surface area contributed by atoms with Gasteiger partial charge in [-0.3, -0.25) is 14.5 Å². The van der Waals surface area contributed by atoms with Crippen LogP contribution in [-0.2, 0) is 15.8 Å². The molecule has 3 rings (SSSR count). The molecule has 166 valence electrons. The van der Waals surface area contributed by atoms with Crippen molar-refractivity contribution in [3.63, 3.8) is 0 Å². The Morgan fingerprint density at radius 3 is 2.50 bits per heavy atom. The largest absolute Gasteiger partial charge is 0.419 e. The summed E-state index contributed by atoms with van der Waals surface area (Å²) in [7, 11) is 3.42. The van der Waals surface area contributed by atoms with Gasteiger partial charge in [-0.05, 0) is 25.0 Å². The Morgan fingerprint density at radius 2 is 1.87 bits per heavy atom. The number of likely N-dealkylation sites (N-methyl/N-ethyl adjacent to an activating group) is 1. The van der Waals surface area contributed by atoms with Gasteiger partial charge in [0.2, 0.25) is 11.8 Å². The first kappa shape index (κ1) is 22.3. The number of carbonyl (C=O) groups is 2. The minimum Gasteiger partial charge on any atom is -0.355 e. The second-order valence-corrected chi connectivity index (χ2v) is 8.05. The maximum Gasteiger partial charge on any atom is 0.419 e. The summed E-state index contributed by atoms with van der Waals surface area (Å²) in [6.45, 7) is 3.27. The van der Waals surface area contributed by atoms with E-state index in [-0.39, 0.29) is 30.1 Å². The molecule has 0 radical (unpaired) electrons. The Balaban J connectivity index is 1.60. The van der Waals surface area contributed by atoms with E-state index in [1.807, 2.05) is 4.90 Å². The Morgan fingerprint density at radius 1 is 1.17 bits per heavy atom. The third kappa shape index (κ3) is 5.21. The van der Waals surface area contributed by atoms with E-state index in [1.165, 1.54) is 12.3 Å². The first-order valence-corrected chi connectivity index (χ1v) is 10.1. The van der Waals surface area contributed by atoms with Gasteiger partial charge in [0.15, 0.2) is 0 Å². The Hall–Kier alpha value is -2.36. The van der Waals surface area contributed by atoms with Crippen LogP contribution < -0.4 is 4.90 Å². The quantitative estimate of drug-likeness (QED) is 0.730. The molecule has 2 aliphatic rings. The fourth-order valence-electron chi connectivity index (χ4n) is 3.96. The summed E-state index contributed by atoms with van der Waals surface area (Å²) in [6.07, 6.45) is -1.84. The van der Waals surface area contributed by atoms with E-state index < -0.39 is 11.7 Å². The van der Waals surface area contributed by atoms with Gasteiger partial charge >= 0.3 is 6.18 Å². The first-order valence-electron chi connectivity index (χ1n) is 10.1. The number of hydrogen-bond donors (Lipinski definition) is 0. The predicted octanol–water partition coefficient (Wildman–Crippen LogP) is 1.55. The number of carbonyl (C=O) groups excluding carboxylic acids is 2. The molecule has 10 heteroatoms. The van der Waals surface area contributed by atoms with E-state index in [0.29, 0.717) is 52.1 Å². The summed E-state index contributed by atoms with van der Waals surface area (Å²) in [5, 5.41) is 0. The molecule has 0 N–H and O–H groups in total. The second kappa shape index (κ2) is 9.20. The molecule has 0 bridgehead atoms. The van der Waals surface area contributed by atoms with Crippen LogP contribution in [0, 0.1) is 5.92 Å². The van der Waals surface area contributed by atoms with Crippen molar-refractivity contribution in [2.75, 3.05) is 64.8 Å². The van der Waals surface area contributed by atoms with Gasteiger partial charge in [-0.25, -0.2) is 4.98 Å². The monoisotopic (exact) mass is 427 g/mol. The molecule has 0 spiro atoms. The zero-order valence-electron chi connectivity index (χ0n) is 17.4. The van der Waals surface area contributed by atoms with Crippen molar-refractivity contribution in [1.82, 2.24) is 19.7 Å². The SMILES string of the molecule is CN(C)C(=O)CN1CCN(C(=O)[C@@H]2CCCN(c3ncccc3C(F)(F)F)C2)CC1. The van der Waals surface area contributed by atoms with Crippen molar-refractivity contribution >= 4 is 17.6 Å². The summed E-state index contributed by atoms with van der Waals surface area (Å²) in [5.74, 6) is -0.456. The highest BCUT2D eigenvalue weighted by atomic mass is 19.4. The lowest BCUT2D eigenvalue weighted by Crippen LogP contribution is -2.54. The molecule has 2 saturated heterocycles. The van der Waals surface area contributed by atoms with Crippen LogP contribution in [0.4, 0.5) is 19.0 Å². The number of aromatic nitrogens is 1. The fraction of sp³-hybridized carbons (Fsp3) is 0.650. The van der Waals surface area contributed by atoms with Gasteiger partial charge in [0.25, 0.3) is 0 Å². The maximum atomic E-state index is 13.4. The van der Waals surface area contributed by atoms with E-state index in [1.54, 1.807) is 28.8 Å². The molecule has 0 saturated carbocycles. The summed E-state index contributed by atoms with van der Waals surface area (Å²) in [5.41, 5.74) is -0.766. The average molecular weight is 427 g/mol. The molecule has 0 aromatic carbocycles. The maximum absolute atomic E-state index is 13.4. The third-order valence-electron chi connectivity index (χ3n) is 5.70. The molecule has 1 atom stereocenters. The van der Waals surface area contributed by atoms with Gasteiger partial charge in [0.1, 0.15) is 5.82 Å². The molecule has 7 nitrogen and oxygen atoms in total. The van der Waals surface area contributed by atoms with E-state index in [9.17, 15) is 22.8 Å². The number of halogens is 3. The summed E-state index contributed by atoms with van der Waals surface area (Å²) < 4.78 is 40.1. The van der Waals surface area contributed by atoms with Crippen LogP contribution in [0.3, 0.4) is 0 Å². The molecular formula is C20H28F3N5O2. The van der Waals surface area contributed by atoms with Crippen LogP contribution in [0.1, 0.15) is 18.4 Å². The number of amides is 2. The average Bonchev–Trinajstić information content (AvgIpc) is 2.73. The van der Waals surface area contributed by atoms with E-state index in [2.05, 4.69) is 4.98 Å². The van der Waals surface area contributed by atoms with Crippen molar-refractivity contribution in [1.29, 1.82) is 0 Å². The Bertz CT molecular complexity index is 763. The number of piperazine rings is 1. The molecule has 0 aliphatic carbocycles. The van der Waals surface area contributed by atoms with Crippen LogP contribution in [0.5, 0.6) is 0 Å². The van der Waals surface area contributed by atoms with Gasteiger partial charge in [0.05, 0.1) is 18.0 Å². The lowest BCUT2D eigenvalue weighted by Gasteiger charge is -2.39. The lowest BCUT2D eigenvalue weighted by molar-refractivity contribution is -0.138. The molecule has 1 aromatic heterocycles. The topological polar surface area (TPSA) is 60.0 Å². The molecule has 2 aliphatic heterocycles. The number of rotatable bonds is 4. The van der Waals surface area contributed by atoms with E-state index in [4.69, 9.17) is 0 Å². The van der Waals surface area contributed by atoms with Crippen LogP contribution in [0.2, 0.25) is 0 Å². The standard InChI is InChI=1S/C20H28F3N5O2/c1-25(2)17(29)14-26-9-11-27(12-10-26)19(30)15-5-4-8-28(13-15)18-16(20(21,22)23)6-3-7-24-18/h3,6-7,15H,4-5,8-14H2,1-2H3/t15-/m1/s1. The normalized spacial score (nSPS) is 20.9. The summed E-state index contributed by atoms with van der Waals surface area (Å²) >= 11 is 0. The highest BCUT2D eigenvalue weighted by molar-refractivity contribution is 5.80. The zero-order valence-corrected chi connectivity index (χ0v) is 17.4. The van der Waals surface area contributed by atoms with Crippen molar-refractivity contribution < 1.29 is 22.8 Å². The molecule has 30 heavy (non-hydrogen) atoms. The number of hydrogen-bond acceptors (Lipinski definition) is 5. The van der Waals surface area contributed by atoms with Crippen LogP contribution in [0.25, 0.3) is 0 Å². The third-order valence-corrected chi connectivity index (χ3v) is 5.70. The number of pyridine rings is 1. The molecule has 1 aromatic rings. The number of alkyl halides is 3. The molecule has 2 fully saturated rings. The van der Waals surface area contributed by atoms with E-state index in [0.717, 1.165) is 6.07 Å². The molecule has 3 heterocycles. The van der Waals surface area contributed by atoms with Crippen LogP contribution >= 0.6 is 0 Å². The smallest absolute Gasteiger partial charge is 0.355 e. The predicted molar refractivity (Wildman–Crippen MR) is 106 cm³/mol. The molecule has 0 unspecified atom stereocenters. The lowest BCUT2D eigenvalue weighted by atomic mass is 9.95. The summed E-state index contributed by atoms with van der Waals surface area (Å²) in [4.78, 5) is 35.7. The van der Waals surface area contributed by atoms with Crippen molar-refractivity contribution in [2.45, 2.75) is 19.0 Å². The number of nitrogens with zero attached hydrogens (tertiary/aromatic N) is 5. The molecule has 2 amide bonds.